The highest BCUT2D eigenvalue weighted by molar-refractivity contribution is 4.74. The van der Waals surface area contributed by atoms with E-state index in [2.05, 4.69) is 13.8 Å². The third-order valence-corrected chi connectivity index (χ3v) is 3.36. The third-order valence-electron chi connectivity index (χ3n) is 3.36. The first kappa shape index (κ1) is 11.1. The van der Waals surface area contributed by atoms with Crippen LogP contribution in [-0.2, 0) is 0 Å². The molecule has 0 aliphatic heterocycles. The van der Waals surface area contributed by atoms with E-state index in [1.165, 1.54) is 57.8 Å². The van der Waals surface area contributed by atoms with Gasteiger partial charge < -0.3 is 0 Å². The number of rotatable bonds is 7. The second kappa shape index (κ2) is 6.45. The van der Waals surface area contributed by atoms with Crippen LogP contribution in [0.25, 0.3) is 0 Å². The summed E-state index contributed by atoms with van der Waals surface area (Å²) in [5.74, 6) is 1.80. The number of hydrogen-bond donors (Lipinski definition) is 0. The fourth-order valence-corrected chi connectivity index (χ4v) is 2.18. The van der Waals surface area contributed by atoms with Crippen LogP contribution >= 0.6 is 0 Å². The summed E-state index contributed by atoms with van der Waals surface area (Å²) in [4.78, 5) is 0. The highest BCUT2D eigenvalue weighted by Gasteiger charge is 2.19. The van der Waals surface area contributed by atoms with Gasteiger partial charge in [-0.25, -0.2) is 0 Å². The van der Waals surface area contributed by atoms with Crippen LogP contribution in [0.3, 0.4) is 0 Å². The average Bonchev–Trinajstić information content (AvgIpc) is 2.06. The Morgan fingerprint density at radius 2 is 2.00 bits per heavy atom. The summed E-state index contributed by atoms with van der Waals surface area (Å²) in [6, 6.07) is 0. The third kappa shape index (κ3) is 4.69. The van der Waals surface area contributed by atoms with Crippen LogP contribution < -0.4 is 0 Å². The first-order valence-corrected chi connectivity index (χ1v) is 6.16. The fraction of sp³-hybridized carbons (Fsp3) is 0.923. The van der Waals surface area contributed by atoms with Crippen molar-refractivity contribution in [3.8, 4) is 0 Å². The molecule has 0 aromatic heterocycles. The largest absolute Gasteiger partial charge is 0.0654 e. The van der Waals surface area contributed by atoms with Gasteiger partial charge in [-0.2, -0.15) is 0 Å². The molecule has 0 nitrogen and oxygen atoms in total. The van der Waals surface area contributed by atoms with Gasteiger partial charge in [0.15, 0.2) is 0 Å². The van der Waals surface area contributed by atoms with Gasteiger partial charge in [-0.15, -0.1) is 0 Å². The second-order valence-corrected chi connectivity index (χ2v) is 4.75. The SMILES string of the molecule is [CH2]C(CCCCCC)CC1CCC1. The Kier molecular flexibility index (Phi) is 5.50. The van der Waals surface area contributed by atoms with Crippen molar-refractivity contribution in [3.63, 3.8) is 0 Å². The van der Waals surface area contributed by atoms with E-state index in [1.807, 2.05) is 0 Å². The normalized spacial score (nSPS) is 19.8. The summed E-state index contributed by atoms with van der Waals surface area (Å²) >= 11 is 0. The topological polar surface area (TPSA) is 0 Å². The maximum absolute atomic E-state index is 4.26. The van der Waals surface area contributed by atoms with Crippen molar-refractivity contribution >= 4 is 0 Å². The first-order chi connectivity index (χ1) is 6.33. The van der Waals surface area contributed by atoms with Gasteiger partial charge in [-0.1, -0.05) is 65.2 Å². The zero-order valence-electron chi connectivity index (χ0n) is 9.23. The highest BCUT2D eigenvalue weighted by atomic mass is 14.2. The van der Waals surface area contributed by atoms with E-state index in [0.717, 1.165) is 11.8 Å². The molecule has 1 aliphatic rings. The van der Waals surface area contributed by atoms with Crippen LogP contribution in [0.2, 0.25) is 0 Å². The minimum atomic E-state index is 0.752. The first-order valence-electron chi connectivity index (χ1n) is 6.16. The van der Waals surface area contributed by atoms with Crippen LogP contribution in [0.1, 0.15) is 64.7 Å². The maximum atomic E-state index is 4.26. The molecule has 1 radical (unpaired) electrons. The van der Waals surface area contributed by atoms with Crippen LogP contribution in [-0.4, -0.2) is 0 Å². The molecule has 0 amide bonds. The van der Waals surface area contributed by atoms with Gasteiger partial charge in [0.05, 0.1) is 0 Å². The lowest BCUT2D eigenvalue weighted by Gasteiger charge is -2.28. The van der Waals surface area contributed by atoms with Crippen molar-refractivity contribution in [2.45, 2.75) is 64.7 Å². The van der Waals surface area contributed by atoms with Crippen LogP contribution in [0.4, 0.5) is 0 Å². The van der Waals surface area contributed by atoms with Crippen LogP contribution in [0.15, 0.2) is 0 Å². The zero-order valence-corrected chi connectivity index (χ0v) is 9.23. The van der Waals surface area contributed by atoms with Gasteiger partial charge in [0, 0.05) is 0 Å². The Labute approximate surface area is 84.1 Å². The molecule has 0 saturated heterocycles. The summed E-state index contributed by atoms with van der Waals surface area (Å²) in [5, 5.41) is 0. The molecule has 1 saturated carbocycles. The Morgan fingerprint density at radius 3 is 2.54 bits per heavy atom. The summed E-state index contributed by atoms with van der Waals surface area (Å²) in [5.41, 5.74) is 0. The molecular formula is C13H25. The van der Waals surface area contributed by atoms with E-state index < -0.39 is 0 Å². The molecule has 0 aromatic carbocycles. The second-order valence-electron chi connectivity index (χ2n) is 4.75. The smallest absolute Gasteiger partial charge is 0.0412 e. The average molecular weight is 181 g/mol. The summed E-state index contributed by atoms with van der Waals surface area (Å²) in [6.45, 7) is 6.53. The van der Waals surface area contributed by atoms with E-state index in [9.17, 15) is 0 Å². The van der Waals surface area contributed by atoms with Gasteiger partial charge in [0.2, 0.25) is 0 Å². The Hall–Kier alpha value is 0. The van der Waals surface area contributed by atoms with Crippen LogP contribution in [0.5, 0.6) is 0 Å². The van der Waals surface area contributed by atoms with Crippen molar-refractivity contribution in [3.05, 3.63) is 6.92 Å². The van der Waals surface area contributed by atoms with Crippen molar-refractivity contribution in [1.29, 1.82) is 0 Å². The molecule has 0 spiro atoms. The quantitative estimate of drug-likeness (QED) is 0.504. The predicted molar refractivity (Wildman–Crippen MR) is 59.6 cm³/mol. The molecule has 1 unspecified atom stereocenters. The molecule has 77 valence electrons. The molecule has 1 aliphatic carbocycles. The lowest BCUT2D eigenvalue weighted by atomic mass is 9.78. The fourth-order valence-electron chi connectivity index (χ4n) is 2.18. The van der Waals surface area contributed by atoms with Crippen molar-refractivity contribution in [2.24, 2.45) is 11.8 Å². The van der Waals surface area contributed by atoms with Gasteiger partial charge in [0.1, 0.15) is 0 Å². The molecule has 1 rings (SSSR count). The van der Waals surface area contributed by atoms with E-state index >= 15 is 0 Å². The number of unbranched alkanes of at least 4 members (excludes halogenated alkanes) is 3. The summed E-state index contributed by atoms with van der Waals surface area (Å²) < 4.78 is 0. The minimum absolute atomic E-state index is 0.752. The molecule has 13 heavy (non-hydrogen) atoms. The Balaban J connectivity index is 1.87. The van der Waals surface area contributed by atoms with Gasteiger partial charge in [0.25, 0.3) is 0 Å². The Bertz CT molecular complexity index is 113. The lowest BCUT2D eigenvalue weighted by molar-refractivity contribution is 0.259. The molecule has 0 heterocycles. The van der Waals surface area contributed by atoms with E-state index in [-0.39, 0.29) is 0 Å². The van der Waals surface area contributed by atoms with E-state index in [4.69, 9.17) is 0 Å². The molecule has 0 aromatic rings. The summed E-state index contributed by atoms with van der Waals surface area (Å²) in [6.07, 6.45) is 12.8. The highest BCUT2D eigenvalue weighted by Crippen LogP contribution is 2.33. The van der Waals surface area contributed by atoms with E-state index in [1.54, 1.807) is 0 Å². The molecule has 0 heteroatoms. The van der Waals surface area contributed by atoms with Crippen molar-refractivity contribution in [2.75, 3.05) is 0 Å². The monoisotopic (exact) mass is 181 g/mol. The summed E-state index contributed by atoms with van der Waals surface area (Å²) in [7, 11) is 0. The molecule has 1 fully saturated rings. The molecule has 0 bridgehead atoms. The van der Waals surface area contributed by atoms with Gasteiger partial charge in [-0.3, -0.25) is 0 Å². The number of hydrogen-bond acceptors (Lipinski definition) is 0. The van der Waals surface area contributed by atoms with Crippen molar-refractivity contribution in [1.82, 2.24) is 0 Å². The van der Waals surface area contributed by atoms with E-state index in [0.29, 0.717) is 0 Å². The predicted octanol–water partition coefficient (Wildman–Crippen LogP) is 4.60. The zero-order chi connectivity index (χ0) is 9.52. The molecule has 0 N–H and O–H groups in total. The molecular weight excluding hydrogens is 156 g/mol. The maximum Gasteiger partial charge on any atom is -0.0412 e. The lowest BCUT2D eigenvalue weighted by Crippen LogP contribution is -2.14. The van der Waals surface area contributed by atoms with Gasteiger partial charge >= 0.3 is 0 Å². The van der Waals surface area contributed by atoms with Crippen LogP contribution in [0, 0.1) is 18.8 Å². The standard InChI is InChI=1S/C13H25/c1-3-4-5-6-8-12(2)11-13-9-7-10-13/h12-13H,2-11H2,1H3. The van der Waals surface area contributed by atoms with Crippen molar-refractivity contribution < 1.29 is 0 Å². The molecule has 1 atom stereocenters. The Morgan fingerprint density at radius 1 is 1.23 bits per heavy atom. The van der Waals surface area contributed by atoms with Gasteiger partial charge in [-0.05, 0) is 18.3 Å². The minimum Gasteiger partial charge on any atom is -0.0654 e.